The molecule has 0 atom stereocenters. The van der Waals surface area contributed by atoms with E-state index in [0.29, 0.717) is 22.5 Å². The van der Waals surface area contributed by atoms with Crippen LogP contribution in [0.25, 0.3) is 17.0 Å². The van der Waals surface area contributed by atoms with Gasteiger partial charge in [-0.15, -0.1) is 0 Å². The van der Waals surface area contributed by atoms with E-state index in [1.54, 1.807) is 48.5 Å². The van der Waals surface area contributed by atoms with Crippen molar-refractivity contribution in [3.05, 3.63) is 59.9 Å². The molecular weight excluding hydrogens is 336 g/mol. The summed E-state index contributed by atoms with van der Waals surface area (Å²) in [6.45, 7) is 0.187. The van der Waals surface area contributed by atoms with E-state index in [0.717, 1.165) is 5.56 Å². The minimum atomic E-state index is -0.753. The van der Waals surface area contributed by atoms with E-state index in [4.69, 9.17) is 19.6 Å². The van der Waals surface area contributed by atoms with Crippen LogP contribution in [0.2, 0.25) is 0 Å². The predicted molar refractivity (Wildman–Crippen MR) is 95.0 cm³/mol. The molecule has 1 aliphatic heterocycles. The number of amides is 2. The quantitative estimate of drug-likeness (QED) is 0.704. The lowest BCUT2D eigenvalue weighted by Crippen LogP contribution is -2.15. The molecule has 2 amide bonds. The summed E-state index contributed by atoms with van der Waals surface area (Å²) >= 11 is 0. The van der Waals surface area contributed by atoms with Gasteiger partial charge in [-0.05, 0) is 35.9 Å². The standard InChI is InChI=1S/C19H14N2O5/c20-19(23)18-17(12-3-1-2-4-13(12)26-18)21-16(22)8-6-11-5-7-14-15(9-11)25-10-24-14/h1-9H,10H2,(H2,20,23)(H,21,22)/b8-6+. The van der Waals surface area contributed by atoms with Crippen molar-refractivity contribution in [2.45, 2.75) is 0 Å². The number of nitrogens with one attached hydrogen (secondary N) is 1. The van der Waals surface area contributed by atoms with Crippen LogP contribution in [-0.2, 0) is 4.79 Å². The van der Waals surface area contributed by atoms with Crippen molar-refractivity contribution in [3.8, 4) is 11.5 Å². The number of carbonyl (C=O) groups excluding carboxylic acids is 2. The molecule has 0 unspecified atom stereocenters. The van der Waals surface area contributed by atoms with Gasteiger partial charge in [-0.1, -0.05) is 18.2 Å². The second-order valence-electron chi connectivity index (χ2n) is 5.60. The normalized spacial score (nSPS) is 12.6. The van der Waals surface area contributed by atoms with Gasteiger partial charge in [-0.25, -0.2) is 0 Å². The maximum Gasteiger partial charge on any atom is 0.286 e. The third-order valence-electron chi connectivity index (χ3n) is 3.89. The summed E-state index contributed by atoms with van der Waals surface area (Å²) < 4.78 is 16.0. The van der Waals surface area contributed by atoms with Gasteiger partial charge in [0.2, 0.25) is 18.5 Å². The molecule has 1 aliphatic rings. The number of para-hydroxylation sites is 1. The molecular formula is C19H14N2O5. The molecule has 3 aromatic rings. The number of ether oxygens (including phenoxy) is 2. The zero-order valence-corrected chi connectivity index (χ0v) is 13.5. The van der Waals surface area contributed by atoms with Crippen molar-refractivity contribution in [3.63, 3.8) is 0 Å². The van der Waals surface area contributed by atoms with E-state index < -0.39 is 11.8 Å². The number of carbonyl (C=O) groups is 2. The predicted octanol–water partition coefficient (Wildman–Crippen LogP) is 2.91. The zero-order chi connectivity index (χ0) is 18.1. The highest BCUT2D eigenvalue weighted by Crippen LogP contribution is 2.33. The van der Waals surface area contributed by atoms with Crippen LogP contribution in [0, 0.1) is 0 Å². The van der Waals surface area contributed by atoms with Crippen molar-refractivity contribution in [2.75, 3.05) is 12.1 Å². The monoisotopic (exact) mass is 350 g/mol. The highest BCUT2D eigenvalue weighted by atomic mass is 16.7. The lowest BCUT2D eigenvalue weighted by molar-refractivity contribution is -0.111. The lowest BCUT2D eigenvalue weighted by Gasteiger charge is -2.02. The minimum absolute atomic E-state index is 0.0870. The second kappa shape index (κ2) is 6.29. The van der Waals surface area contributed by atoms with Crippen molar-refractivity contribution in [2.24, 2.45) is 5.73 Å². The van der Waals surface area contributed by atoms with Crippen molar-refractivity contribution >= 4 is 34.5 Å². The van der Waals surface area contributed by atoms with Gasteiger partial charge in [0, 0.05) is 11.5 Å². The first-order chi connectivity index (χ1) is 12.6. The first-order valence-corrected chi connectivity index (χ1v) is 7.82. The fourth-order valence-electron chi connectivity index (χ4n) is 2.70. The molecule has 130 valence electrons. The highest BCUT2D eigenvalue weighted by Gasteiger charge is 2.19. The molecule has 2 heterocycles. The number of hydrogen-bond donors (Lipinski definition) is 2. The van der Waals surface area contributed by atoms with Crippen LogP contribution in [0.1, 0.15) is 16.1 Å². The summed E-state index contributed by atoms with van der Waals surface area (Å²) in [6, 6.07) is 12.3. The van der Waals surface area contributed by atoms with E-state index in [1.165, 1.54) is 6.08 Å². The van der Waals surface area contributed by atoms with Gasteiger partial charge < -0.3 is 24.9 Å². The van der Waals surface area contributed by atoms with Gasteiger partial charge in [-0.3, -0.25) is 9.59 Å². The molecule has 2 aromatic carbocycles. The first-order valence-electron chi connectivity index (χ1n) is 7.82. The van der Waals surface area contributed by atoms with Crippen molar-refractivity contribution < 1.29 is 23.5 Å². The molecule has 0 radical (unpaired) electrons. The van der Waals surface area contributed by atoms with Gasteiger partial charge in [0.15, 0.2) is 11.5 Å². The van der Waals surface area contributed by atoms with Gasteiger partial charge in [0.1, 0.15) is 11.3 Å². The van der Waals surface area contributed by atoms with Crippen LogP contribution in [0.5, 0.6) is 11.5 Å². The van der Waals surface area contributed by atoms with E-state index >= 15 is 0 Å². The number of anilines is 1. The van der Waals surface area contributed by atoms with Crippen LogP contribution in [-0.4, -0.2) is 18.6 Å². The fourth-order valence-corrected chi connectivity index (χ4v) is 2.70. The molecule has 0 bridgehead atoms. The van der Waals surface area contributed by atoms with E-state index in [9.17, 15) is 9.59 Å². The molecule has 0 saturated carbocycles. The smallest absolute Gasteiger partial charge is 0.286 e. The number of rotatable bonds is 4. The van der Waals surface area contributed by atoms with E-state index in [1.807, 2.05) is 0 Å². The Morgan fingerprint density at radius 1 is 1.08 bits per heavy atom. The fraction of sp³-hybridized carbons (Fsp3) is 0.0526. The first kappa shape index (κ1) is 15.8. The number of primary amides is 1. The minimum Gasteiger partial charge on any atom is -0.454 e. The number of hydrogen-bond acceptors (Lipinski definition) is 5. The van der Waals surface area contributed by atoms with Crippen molar-refractivity contribution in [1.82, 2.24) is 0 Å². The Morgan fingerprint density at radius 3 is 2.73 bits per heavy atom. The average molecular weight is 350 g/mol. The molecule has 7 nitrogen and oxygen atoms in total. The number of benzene rings is 2. The maximum absolute atomic E-state index is 12.3. The zero-order valence-electron chi connectivity index (χ0n) is 13.5. The van der Waals surface area contributed by atoms with Crippen LogP contribution < -0.4 is 20.5 Å². The Labute approximate surface area is 148 Å². The summed E-state index contributed by atoms with van der Waals surface area (Å²) in [4.78, 5) is 23.9. The Morgan fingerprint density at radius 2 is 1.88 bits per heavy atom. The summed E-state index contributed by atoms with van der Waals surface area (Å²) in [6.07, 6.45) is 2.98. The van der Waals surface area contributed by atoms with Gasteiger partial charge in [0.25, 0.3) is 5.91 Å². The van der Waals surface area contributed by atoms with Crippen LogP contribution in [0.3, 0.4) is 0 Å². The molecule has 4 rings (SSSR count). The third kappa shape index (κ3) is 2.86. The Hall–Kier alpha value is -3.74. The Bertz CT molecular complexity index is 1050. The summed E-state index contributed by atoms with van der Waals surface area (Å²) in [5.74, 6) is 0.0379. The number of nitrogens with two attached hydrogens (primary N) is 1. The van der Waals surface area contributed by atoms with Crippen LogP contribution in [0.4, 0.5) is 5.69 Å². The topological polar surface area (TPSA) is 104 Å². The summed E-state index contributed by atoms with van der Waals surface area (Å²) in [7, 11) is 0. The molecule has 7 heteroatoms. The average Bonchev–Trinajstić information content (AvgIpc) is 3.24. The van der Waals surface area contributed by atoms with Crippen molar-refractivity contribution in [1.29, 1.82) is 0 Å². The molecule has 3 N–H and O–H groups in total. The van der Waals surface area contributed by atoms with E-state index in [-0.39, 0.29) is 18.2 Å². The highest BCUT2D eigenvalue weighted by molar-refractivity contribution is 6.13. The molecule has 26 heavy (non-hydrogen) atoms. The molecule has 0 saturated heterocycles. The molecule has 0 spiro atoms. The van der Waals surface area contributed by atoms with E-state index in [2.05, 4.69) is 5.32 Å². The largest absolute Gasteiger partial charge is 0.454 e. The third-order valence-corrected chi connectivity index (χ3v) is 3.89. The molecule has 1 aromatic heterocycles. The summed E-state index contributed by atoms with van der Waals surface area (Å²) in [5, 5.41) is 3.26. The van der Waals surface area contributed by atoms with Gasteiger partial charge in [-0.2, -0.15) is 0 Å². The number of fused-ring (bicyclic) bond motifs is 2. The lowest BCUT2D eigenvalue weighted by atomic mass is 10.2. The van der Waals surface area contributed by atoms with Crippen LogP contribution in [0.15, 0.2) is 53.0 Å². The second-order valence-corrected chi connectivity index (χ2v) is 5.60. The Kier molecular flexibility index (Phi) is 3.81. The summed E-state index contributed by atoms with van der Waals surface area (Å²) in [5.41, 5.74) is 6.84. The molecule has 0 fully saturated rings. The Balaban J connectivity index is 1.58. The van der Waals surface area contributed by atoms with Gasteiger partial charge >= 0.3 is 0 Å². The van der Waals surface area contributed by atoms with Crippen LogP contribution >= 0.6 is 0 Å². The SMILES string of the molecule is NC(=O)c1oc2ccccc2c1NC(=O)/C=C/c1ccc2c(c1)OCO2. The number of furan rings is 1. The van der Waals surface area contributed by atoms with Gasteiger partial charge in [0.05, 0.1) is 0 Å². The molecule has 0 aliphatic carbocycles. The maximum atomic E-state index is 12.3.